The lowest BCUT2D eigenvalue weighted by atomic mass is 9.94. The molecule has 2 aromatic carbocycles. The number of nitrogens with two attached hydrogens (primary N) is 1. The Hall–Kier alpha value is -2.22. The Labute approximate surface area is 147 Å². The number of carbonyl (C=O) groups is 1. The van der Waals surface area contributed by atoms with E-state index < -0.39 is 10.0 Å². The Bertz CT molecular complexity index is 879. The molecule has 6 nitrogen and oxygen atoms in total. The Morgan fingerprint density at radius 1 is 1.16 bits per heavy atom. The SMILES string of the molecule is CN1Cc2ccccc2CC1C(=O)NCc1ccc(S(N)(=O)=O)cc1. The number of sulfonamides is 1. The summed E-state index contributed by atoms with van der Waals surface area (Å²) in [5, 5.41) is 8.00. The van der Waals surface area contributed by atoms with Gasteiger partial charge in [0.05, 0.1) is 10.9 Å². The number of amides is 1. The second-order valence-electron chi connectivity index (χ2n) is 6.31. The molecule has 2 aromatic rings. The molecule has 0 saturated carbocycles. The van der Waals surface area contributed by atoms with Crippen LogP contribution in [0.5, 0.6) is 0 Å². The van der Waals surface area contributed by atoms with Gasteiger partial charge in [0.15, 0.2) is 0 Å². The molecule has 132 valence electrons. The minimum absolute atomic E-state index is 0.0347. The van der Waals surface area contributed by atoms with Gasteiger partial charge in [0.1, 0.15) is 0 Å². The van der Waals surface area contributed by atoms with E-state index in [9.17, 15) is 13.2 Å². The fourth-order valence-electron chi connectivity index (χ4n) is 3.05. The van der Waals surface area contributed by atoms with Gasteiger partial charge in [-0.15, -0.1) is 0 Å². The normalized spacial score (nSPS) is 17.8. The van der Waals surface area contributed by atoms with E-state index in [1.807, 2.05) is 24.1 Å². The van der Waals surface area contributed by atoms with Crippen molar-refractivity contribution in [2.75, 3.05) is 7.05 Å². The number of fused-ring (bicyclic) bond motifs is 1. The molecule has 1 heterocycles. The first kappa shape index (κ1) is 17.6. The van der Waals surface area contributed by atoms with Crippen molar-refractivity contribution in [3.63, 3.8) is 0 Å². The molecule has 0 saturated heterocycles. The molecule has 3 N–H and O–H groups in total. The zero-order valence-corrected chi connectivity index (χ0v) is 14.8. The van der Waals surface area contributed by atoms with Crippen molar-refractivity contribution in [3.8, 4) is 0 Å². The molecule has 1 atom stereocenters. The van der Waals surface area contributed by atoms with Crippen LogP contribution >= 0.6 is 0 Å². The van der Waals surface area contributed by atoms with Crippen LogP contribution < -0.4 is 10.5 Å². The lowest BCUT2D eigenvalue weighted by Crippen LogP contribution is -2.48. The van der Waals surface area contributed by atoms with Gasteiger partial charge in [-0.1, -0.05) is 36.4 Å². The molecule has 0 aliphatic carbocycles. The van der Waals surface area contributed by atoms with Gasteiger partial charge in [0, 0.05) is 13.1 Å². The Morgan fingerprint density at radius 2 is 1.80 bits per heavy atom. The number of hydrogen-bond acceptors (Lipinski definition) is 4. The van der Waals surface area contributed by atoms with Gasteiger partial charge in [-0.05, 0) is 42.3 Å². The van der Waals surface area contributed by atoms with E-state index in [0.717, 1.165) is 12.1 Å². The molecule has 0 bridgehead atoms. The number of nitrogens with zero attached hydrogens (tertiary/aromatic N) is 1. The van der Waals surface area contributed by atoms with E-state index in [1.165, 1.54) is 23.3 Å². The van der Waals surface area contributed by atoms with Gasteiger partial charge in [-0.3, -0.25) is 9.69 Å². The smallest absolute Gasteiger partial charge is 0.238 e. The van der Waals surface area contributed by atoms with Gasteiger partial charge in [-0.2, -0.15) is 0 Å². The number of carbonyl (C=O) groups excluding carboxylic acids is 1. The molecule has 1 amide bonds. The molecular weight excluding hydrogens is 338 g/mol. The predicted molar refractivity (Wildman–Crippen MR) is 95.1 cm³/mol. The van der Waals surface area contributed by atoms with Crippen molar-refractivity contribution in [2.24, 2.45) is 5.14 Å². The molecule has 1 unspecified atom stereocenters. The fraction of sp³-hybridized carbons (Fsp3) is 0.278. The number of rotatable bonds is 4. The predicted octanol–water partition coefficient (Wildman–Crippen LogP) is 1.01. The molecule has 0 aromatic heterocycles. The molecule has 25 heavy (non-hydrogen) atoms. The van der Waals surface area contributed by atoms with Gasteiger partial charge in [-0.25, -0.2) is 13.6 Å². The zero-order valence-electron chi connectivity index (χ0n) is 14.0. The van der Waals surface area contributed by atoms with Crippen molar-refractivity contribution < 1.29 is 13.2 Å². The highest BCUT2D eigenvalue weighted by atomic mass is 32.2. The molecule has 1 aliphatic rings. The van der Waals surface area contributed by atoms with Crippen molar-refractivity contribution in [2.45, 2.75) is 30.4 Å². The zero-order chi connectivity index (χ0) is 18.0. The van der Waals surface area contributed by atoms with Gasteiger partial charge < -0.3 is 5.32 Å². The van der Waals surface area contributed by atoms with Crippen molar-refractivity contribution in [1.29, 1.82) is 0 Å². The highest BCUT2D eigenvalue weighted by molar-refractivity contribution is 7.89. The third kappa shape index (κ3) is 4.07. The standard InChI is InChI=1S/C18H21N3O3S/c1-21-12-15-5-3-2-4-14(15)10-17(21)18(22)20-11-13-6-8-16(9-7-13)25(19,23)24/h2-9,17H,10-12H2,1H3,(H,20,22)(H2,19,23,24). The van der Waals surface area contributed by atoms with Crippen molar-refractivity contribution >= 4 is 15.9 Å². The maximum Gasteiger partial charge on any atom is 0.238 e. The number of benzene rings is 2. The van der Waals surface area contributed by atoms with Crippen molar-refractivity contribution in [3.05, 3.63) is 65.2 Å². The second-order valence-corrected chi connectivity index (χ2v) is 7.87. The maximum absolute atomic E-state index is 12.5. The van der Waals surface area contributed by atoms with Crippen LogP contribution in [-0.4, -0.2) is 32.3 Å². The van der Waals surface area contributed by atoms with E-state index in [4.69, 9.17) is 5.14 Å². The van der Waals surface area contributed by atoms with E-state index in [0.29, 0.717) is 13.0 Å². The summed E-state index contributed by atoms with van der Waals surface area (Å²) >= 11 is 0. The van der Waals surface area contributed by atoms with Gasteiger partial charge >= 0.3 is 0 Å². The molecule has 1 aliphatic heterocycles. The summed E-state index contributed by atoms with van der Waals surface area (Å²) in [5.41, 5.74) is 3.28. The number of likely N-dealkylation sites (N-methyl/N-ethyl adjacent to an activating group) is 1. The first-order valence-electron chi connectivity index (χ1n) is 8.01. The highest BCUT2D eigenvalue weighted by Crippen LogP contribution is 2.22. The number of hydrogen-bond donors (Lipinski definition) is 2. The summed E-state index contributed by atoms with van der Waals surface area (Å²) in [5.74, 6) is -0.0347. The van der Waals surface area contributed by atoms with Crippen LogP contribution in [0.25, 0.3) is 0 Å². The summed E-state index contributed by atoms with van der Waals surface area (Å²) in [6.07, 6.45) is 0.683. The summed E-state index contributed by atoms with van der Waals surface area (Å²) in [6.45, 7) is 1.09. The maximum atomic E-state index is 12.5. The topological polar surface area (TPSA) is 92.5 Å². The quantitative estimate of drug-likeness (QED) is 0.852. The molecule has 7 heteroatoms. The highest BCUT2D eigenvalue weighted by Gasteiger charge is 2.28. The van der Waals surface area contributed by atoms with Crippen LogP contribution in [0.1, 0.15) is 16.7 Å². The largest absolute Gasteiger partial charge is 0.351 e. The summed E-state index contributed by atoms with van der Waals surface area (Å²) in [6, 6.07) is 14.1. The second kappa shape index (κ2) is 6.95. The van der Waals surface area contributed by atoms with E-state index >= 15 is 0 Å². The van der Waals surface area contributed by atoms with Gasteiger partial charge in [0.2, 0.25) is 15.9 Å². The summed E-state index contributed by atoms with van der Waals surface area (Å²) in [7, 11) is -1.75. The van der Waals surface area contributed by atoms with E-state index in [2.05, 4.69) is 17.4 Å². The summed E-state index contributed by atoms with van der Waals surface area (Å²) < 4.78 is 22.5. The molecule has 0 radical (unpaired) electrons. The number of primary sulfonamides is 1. The third-order valence-electron chi connectivity index (χ3n) is 4.50. The molecule has 3 rings (SSSR count). The Balaban J connectivity index is 1.63. The molecule has 0 fully saturated rings. The van der Waals surface area contributed by atoms with Crippen LogP contribution in [-0.2, 0) is 34.3 Å². The van der Waals surface area contributed by atoms with Crippen LogP contribution in [0.15, 0.2) is 53.4 Å². The minimum atomic E-state index is -3.70. The average molecular weight is 359 g/mol. The average Bonchev–Trinajstić information content (AvgIpc) is 2.58. The fourth-order valence-corrected chi connectivity index (χ4v) is 3.57. The van der Waals surface area contributed by atoms with Gasteiger partial charge in [0.25, 0.3) is 0 Å². The minimum Gasteiger partial charge on any atom is -0.351 e. The number of nitrogens with one attached hydrogen (secondary N) is 1. The van der Waals surface area contributed by atoms with Crippen LogP contribution in [0, 0.1) is 0 Å². The molecular formula is C18H21N3O3S. The van der Waals surface area contributed by atoms with E-state index in [-0.39, 0.29) is 16.8 Å². The van der Waals surface area contributed by atoms with E-state index in [1.54, 1.807) is 12.1 Å². The third-order valence-corrected chi connectivity index (χ3v) is 5.43. The Kier molecular flexibility index (Phi) is 4.89. The van der Waals surface area contributed by atoms with Crippen molar-refractivity contribution in [1.82, 2.24) is 10.2 Å². The van der Waals surface area contributed by atoms with Crippen LogP contribution in [0.4, 0.5) is 0 Å². The first-order chi connectivity index (χ1) is 11.8. The lowest BCUT2D eigenvalue weighted by molar-refractivity contribution is -0.126. The molecule has 0 spiro atoms. The lowest BCUT2D eigenvalue weighted by Gasteiger charge is -2.33. The Morgan fingerprint density at radius 3 is 2.44 bits per heavy atom. The first-order valence-corrected chi connectivity index (χ1v) is 9.56. The monoisotopic (exact) mass is 359 g/mol. The van der Waals surface area contributed by atoms with Crippen LogP contribution in [0.3, 0.4) is 0 Å². The summed E-state index contributed by atoms with van der Waals surface area (Å²) in [4.78, 5) is 14.7. The van der Waals surface area contributed by atoms with Crippen LogP contribution in [0.2, 0.25) is 0 Å².